The highest BCUT2D eigenvalue weighted by atomic mass is 79.9. The van der Waals surface area contributed by atoms with E-state index in [0.717, 1.165) is 19.4 Å². The number of nitrogens with one attached hydrogen (secondary N) is 1. The van der Waals surface area contributed by atoms with E-state index in [1.807, 2.05) is 13.8 Å². The number of hydrogen-bond donors (Lipinski definition) is 1. The fraction of sp³-hybridized carbons (Fsp3) is 0.714. The number of hydrogen-bond acceptors (Lipinski definition) is 4. The van der Waals surface area contributed by atoms with E-state index in [4.69, 9.17) is 4.42 Å². The third kappa shape index (κ3) is 3.52. The van der Waals surface area contributed by atoms with E-state index in [2.05, 4.69) is 28.2 Å². The quantitative estimate of drug-likeness (QED) is 0.855. The molecule has 1 aromatic heterocycles. The summed E-state index contributed by atoms with van der Waals surface area (Å²) in [4.78, 5) is 0.233. The Kier molecular flexibility index (Phi) is 5.51. The highest BCUT2D eigenvalue weighted by Gasteiger charge is 2.36. The maximum atomic E-state index is 12.9. The molecule has 1 aliphatic rings. The molecule has 5 nitrogen and oxygen atoms in total. The Bertz CT molecular complexity index is 585. The molecule has 0 aliphatic carbocycles. The molecule has 2 atom stereocenters. The van der Waals surface area contributed by atoms with Crippen molar-refractivity contribution >= 4 is 26.0 Å². The molecule has 2 rings (SSSR count). The SMILES string of the molecule is CCNCc1cc(S(=O)(=O)N2CCCC(C)C2C)c(Br)o1. The standard InChI is InChI=1S/C14H23BrN2O3S/c1-4-16-9-12-8-13(14(15)20-12)21(18,19)17-7-5-6-10(2)11(17)3/h8,10-11,16H,4-7,9H2,1-3H3. The number of nitrogens with zero attached hydrogens (tertiary/aromatic N) is 1. The second kappa shape index (κ2) is 6.81. The molecule has 0 bridgehead atoms. The second-order valence-electron chi connectivity index (χ2n) is 5.61. The summed E-state index contributed by atoms with van der Waals surface area (Å²) < 4.78 is 33.1. The summed E-state index contributed by atoms with van der Waals surface area (Å²) in [5.74, 6) is 1.00. The van der Waals surface area contributed by atoms with Crippen LogP contribution in [0.15, 0.2) is 20.0 Å². The number of sulfonamides is 1. The zero-order valence-corrected chi connectivity index (χ0v) is 15.1. The Hall–Kier alpha value is -0.370. The molecule has 2 heterocycles. The summed E-state index contributed by atoms with van der Waals surface area (Å²) in [5.41, 5.74) is 0. The summed E-state index contributed by atoms with van der Waals surface area (Å²) in [6.45, 7) is 7.99. The molecule has 1 aliphatic heterocycles. The van der Waals surface area contributed by atoms with Gasteiger partial charge in [0.25, 0.3) is 0 Å². The van der Waals surface area contributed by atoms with Crippen LogP contribution in [-0.4, -0.2) is 31.9 Å². The van der Waals surface area contributed by atoms with Crippen molar-refractivity contribution < 1.29 is 12.8 Å². The van der Waals surface area contributed by atoms with Gasteiger partial charge < -0.3 is 9.73 Å². The molecule has 21 heavy (non-hydrogen) atoms. The molecule has 0 amide bonds. The van der Waals surface area contributed by atoms with E-state index in [1.54, 1.807) is 10.4 Å². The average molecular weight is 379 g/mol. The van der Waals surface area contributed by atoms with Crippen LogP contribution in [0, 0.1) is 5.92 Å². The lowest BCUT2D eigenvalue weighted by atomic mass is 9.94. The van der Waals surface area contributed by atoms with Crippen LogP contribution in [0.3, 0.4) is 0 Å². The number of rotatable bonds is 5. The van der Waals surface area contributed by atoms with Crippen LogP contribution in [-0.2, 0) is 16.6 Å². The van der Waals surface area contributed by atoms with Gasteiger partial charge in [0, 0.05) is 18.7 Å². The molecule has 0 saturated carbocycles. The van der Waals surface area contributed by atoms with Gasteiger partial charge in [-0.15, -0.1) is 0 Å². The molecule has 0 spiro atoms. The van der Waals surface area contributed by atoms with E-state index in [1.165, 1.54) is 0 Å². The van der Waals surface area contributed by atoms with Crippen LogP contribution in [0.5, 0.6) is 0 Å². The van der Waals surface area contributed by atoms with Crippen LogP contribution in [0.2, 0.25) is 0 Å². The number of halogens is 1. The lowest BCUT2D eigenvalue weighted by molar-refractivity contribution is 0.202. The Morgan fingerprint density at radius 1 is 1.48 bits per heavy atom. The molecule has 2 unspecified atom stereocenters. The zero-order valence-electron chi connectivity index (χ0n) is 12.7. The maximum absolute atomic E-state index is 12.9. The van der Waals surface area contributed by atoms with Gasteiger partial charge in [0.1, 0.15) is 10.7 Å². The van der Waals surface area contributed by atoms with Gasteiger partial charge >= 0.3 is 0 Å². The van der Waals surface area contributed by atoms with Gasteiger partial charge in [-0.3, -0.25) is 0 Å². The fourth-order valence-electron chi connectivity index (χ4n) is 2.67. The summed E-state index contributed by atoms with van der Waals surface area (Å²) in [5, 5.41) is 3.13. The first-order valence-electron chi connectivity index (χ1n) is 7.38. The van der Waals surface area contributed by atoms with Gasteiger partial charge in [-0.2, -0.15) is 4.31 Å². The predicted octanol–water partition coefficient (Wildman–Crippen LogP) is 2.96. The predicted molar refractivity (Wildman–Crippen MR) is 85.5 cm³/mol. The number of piperidine rings is 1. The minimum atomic E-state index is -3.51. The fourth-order valence-corrected chi connectivity index (χ4v) is 5.40. The minimum Gasteiger partial charge on any atom is -0.452 e. The van der Waals surface area contributed by atoms with Crippen LogP contribution in [0.25, 0.3) is 0 Å². The second-order valence-corrected chi connectivity index (χ2v) is 8.19. The van der Waals surface area contributed by atoms with Crippen molar-refractivity contribution in [3.8, 4) is 0 Å². The molecular formula is C14H23BrN2O3S. The van der Waals surface area contributed by atoms with Crippen LogP contribution >= 0.6 is 15.9 Å². The minimum absolute atomic E-state index is 0.0165. The van der Waals surface area contributed by atoms with E-state index < -0.39 is 10.0 Å². The lowest BCUT2D eigenvalue weighted by Crippen LogP contribution is -2.45. The van der Waals surface area contributed by atoms with E-state index >= 15 is 0 Å². The summed E-state index contributed by atoms with van der Waals surface area (Å²) in [7, 11) is -3.51. The van der Waals surface area contributed by atoms with Crippen LogP contribution in [0.4, 0.5) is 0 Å². The van der Waals surface area contributed by atoms with Crippen LogP contribution in [0.1, 0.15) is 39.4 Å². The van der Waals surface area contributed by atoms with Crippen molar-refractivity contribution in [3.63, 3.8) is 0 Å². The lowest BCUT2D eigenvalue weighted by Gasteiger charge is -2.36. The van der Waals surface area contributed by atoms with Gasteiger partial charge in [-0.1, -0.05) is 13.8 Å². The van der Waals surface area contributed by atoms with Crippen LogP contribution < -0.4 is 5.32 Å². The van der Waals surface area contributed by atoms with Gasteiger partial charge in [0.05, 0.1) is 6.54 Å². The molecule has 120 valence electrons. The summed E-state index contributed by atoms with van der Waals surface area (Å²) >= 11 is 3.25. The molecule has 1 aromatic rings. The molecule has 7 heteroatoms. The summed E-state index contributed by atoms with van der Waals surface area (Å²) in [6, 6.07) is 1.64. The van der Waals surface area contributed by atoms with Crippen molar-refractivity contribution in [3.05, 3.63) is 16.5 Å². The first-order valence-corrected chi connectivity index (χ1v) is 9.62. The Labute approximate surface area is 135 Å². The van der Waals surface area contributed by atoms with Gasteiger partial charge in [-0.25, -0.2) is 8.42 Å². The molecule has 0 aromatic carbocycles. The molecule has 1 saturated heterocycles. The van der Waals surface area contributed by atoms with Crippen molar-refractivity contribution in [1.82, 2.24) is 9.62 Å². The Morgan fingerprint density at radius 2 is 2.19 bits per heavy atom. The van der Waals surface area contributed by atoms with Gasteiger partial charge in [-0.05, 0) is 48.2 Å². The zero-order chi connectivity index (χ0) is 15.6. The van der Waals surface area contributed by atoms with E-state index in [0.29, 0.717) is 29.4 Å². The first-order chi connectivity index (χ1) is 9.87. The highest BCUT2D eigenvalue weighted by molar-refractivity contribution is 9.10. The smallest absolute Gasteiger partial charge is 0.247 e. The first kappa shape index (κ1) is 17.0. The van der Waals surface area contributed by atoms with Gasteiger partial charge in [0.2, 0.25) is 10.0 Å². The Morgan fingerprint density at radius 3 is 2.86 bits per heavy atom. The van der Waals surface area contributed by atoms with Crippen molar-refractivity contribution in [2.45, 2.75) is 51.1 Å². The third-order valence-electron chi connectivity index (χ3n) is 4.16. The monoisotopic (exact) mass is 378 g/mol. The normalized spacial score (nSPS) is 24.4. The molecule has 0 radical (unpaired) electrons. The highest BCUT2D eigenvalue weighted by Crippen LogP contribution is 2.33. The molecule has 1 fully saturated rings. The van der Waals surface area contributed by atoms with E-state index in [-0.39, 0.29) is 10.9 Å². The average Bonchev–Trinajstić information content (AvgIpc) is 2.81. The maximum Gasteiger partial charge on any atom is 0.247 e. The Balaban J connectivity index is 2.28. The molecular weight excluding hydrogens is 356 g/mol. The van der Waals surface area contributed by atoms with Gasteiger partial charge in [0.15, 0.2) is 4.67 Å². The van der Waals surface area contributed by atoms with Crippen molar-refractivity contribution in [2.75, 3.05) is 13.1 Å². The third-order valence-corrected chi connectivity index (χ3v) is 7.00. The summed E-state index contributed by atoms with van der Waals surface area (Å²) in [6.07, 6.45) is 1.98. The molecule has 1 N–H and O–H groups in total. The van der Waals surface area contributed by atoms with Crippen molar-refractivity contribution in [2.24, 2.45) is 5.92 Å². The van der Waals surface area contributed by atoms with E-state index in [9.17, 15) is 8.42 Å². The largest absolute Gasteiger partial charge is 0.452 e. The topological polar surface area (TPSA) is 62.6 Å². The van der Waals surface area contributed by atoms with Crippen molar-refractivity contribution in [1.29, 1.82) is 0 Å². The number of furan rings is 1.